The highest BCUT2D eigenvalue weighted by Gasteiger charge is 2.27. The molecule has 6 nitrogen and oxygen atoms in total. The van der Waals surface area contributed by atoms with E-state index < -0.39 is 0 Å². The lowest BCUT2D eigenvalue weighted by molar-refractivity contribution is -0.142. The second-order valence-electron chi connectivity index (χ2n) is 5.59. The largest absolute Gasteiger partial charge is 0.340 e. The number of carbonyl (C=O) groups is 2. The van der Waals surface area contributed by atoms with Crippen molar-refractivity contribution in [2.75, 3.05) is 53.4 Å². The monoisotopic (exact) mass is 268 g/mol. The molecule has 0 aromatic rings. The lowest BCUT2D eigenvalue weighted by atomic mass is 10.0. The smallest absolute Gasteiger partial charge is 0.242 e. The summed E-state index contributed by atoms with van der Waals surface area (Å²) in [5.41, 5.74) is 0. The van der Waals surface area contributed by atoms with Gasteiger partial charge in [-0.05, 0) is 26.9 Å². The van der Waals surface area contributed by atoms with Gasteiger partial charge in [0.25, 0.3) is 0 Å². The average molecular weight is 268 g/mol. The van der Waals surface area contributed by atoms with E-state index in [1.54, 1.807) is 4.90 Å². The molecule has 0 bridgehead atoms. The molecule has 0 unspecified atom stereocenters. The summed E-state index contributed by atoms with van der Waals surface area (Å²) in [5.74, 6) is 0.113. The third-order valence-electron chi connectivity index (χ3n) is 3.99. The van der Waals surface area contributed by atoms with Crippen LogP contribution in [0.5, 0.6) is 0 Å². The van der Waals surface area contributed by atoms with Gasteiger partial charge in [-0.1, -0.05) is 0 Å². The molecule has 0 aliphatic carbocycles. The van der Waals surface area contributed by atoms with Crippen molar-refractivity contribution >= 4 is 11.8 Å². The SMILES string of the molecule is CN(C)[C@H]1CCCN(C(=O)CN2CCNCC2=O)C1. The van der Waals surface area contributed by atoms with Crippen LogP contribution in [0.1, 0.15) is 12.8 Å². The second-order valence-corrected chi connectivity index (χ2v) is 5.59. The Morgan fingerprint density at radius 2 is 2.21 bits per heavy atom. The Bertz CT molecular complexity index is 346. The Hall–Kier alpha value is -1.14. The van der Waals surface area contributed by atoms with Gasteiger partial charge in [-0.2, -0.15) is 0 Å². The third-order valence-corrected chi connectivity index (χ3v) is 3.99. The van der Waals surface area contributed by atoms with Crippen molar-refractivity contribution in [3.63, 3.8) is 0 Å². The van der Waals surface area contributed by atoms with Gasteiger partial charge in [-0.25, -0.2) is 0 Å². The van der Waals surface area contributed by atoms with Crippen LogP contribution in [0, 0.1) is 0 Å². The molecule has 2 amide bonds. The van der Waals surface area contributed by atoms with E-state index in [4.69, 9.17) is 0 Å². The maximum atomic E-state index is 12.3. The summed E-state index contributed by atoms with van der Waals surface area (Å²) >= 11 is 0. The highest BCUT2D eigenvalue weighted by Crippen LogP contribution is 2.14. The van der Waals surface area contributed by atoms with Crippen LogP contribution in [0.15, 0.2) is 0 Å². The standard InChI is InChI=1S/C13H24N4O2/c1-15(2)11-4-3-6-16(9-11)13(19)10-17-7-5-14-8-12(17)18/h11,14H,3-10H2,1-2H3/t11-/m0/s1. The number of hydrogen-bond acceptors (Lipinski definition) is 4. The highest BCUT2D eigenvalue weighted by molar-refractivity contribution is 5.86. The minimum absolute atomic E-state index is 0.0285. The maximum Gasteiger partial charge on any atom is 0.242 e. The molecule has 6 heteroatoms. The molecule has 2 saturated heterocycles. The summed E-state index contributed by atoms with van der Waals surface area (Å²) in [6.45, 7) is 3.61. The van der Waals surface area contributed by atoms with Gasteiger partial charge in [-0.15, -0.1) is 0 Å². The summed E-state index contributed by atoms with van der Waals surface area (Å²) in [6.07, 6.45) is 2.19. The quantitative estimate of drug-likeness (QED) is 0.711. The zero-order valence-corrected chi connectivity index (χ0v) is 11.9. The summed E-state index contributed by atoms with van der Waals surface area (Å²) in [4.78, 5) is 29.7. The number of likely N-dealkylation sites (N-methyl/N-ethyl adjacent to an activating group) is 1. The fourth-order valence-corrected chi connectivity index (χ4v) is 2.68. The number of carbonyl (C=O) groups excluding carboxylic acids is 2. The van der Waals surface area contributed by atoms with Crippen molar-refractivity contribution in [3.8, 4) is 0 Å². The Labute approximate surface area is 114 Å². The number of rotatable bonds is 3. The Morgan fingerprint density at radius 1 is 1.42 bits per heavy atom. The number of hydrogen-bond donors (Lipinski definition) is 1. The molecular weight excluding hydrogens is 244 g/mol. The predicted octanol–water partition coefficient (Wildman–Crippen LogP) is -1.03. The molecule has 0 aromatic carbocycles. The molecular formula is C13H24N4O2. The summed E-state index contributed by atoms with van der Waals surface area (Å²) in [7, 11) is 4.11. The molecule has 0 spiro atoms. The van der Waals surface area contributed by atoms with E-state index in [2.05, 4.69) is 24.3 Å². The third kappa shape index (κ3) is 3.67. The lowest BCUT2D eigenvalue weighted by Crippen LogP contribution is -2.54. The van der Waals surface area contributed by atoms with Gasteiger partial charge in [0.15, 0.2) is 0 Å². The Balaban J connectivity index is 1.86. The molecule has 108 valence electrons. The van der Waals surface area contributed by atoms with Crippen molar-refractivity contribution in [1.29, 1.82) is 0 Å². The van der Waals surface area contributed by atoms with Crippen LogP contribution < -0.4 is 5.32 Å². The van der Waals surface area contributed by atoms with E-state index in [-0.39, 0.29) is 18.4 Å². The number of amides is 2. The minimum atomic E-state index is 0.0285. The van der Waals surface area contributed by atoms with Gasteiger partial charge in [0.05, 0.1) is 13.1 Å². The Kier molecular flexibility index (Phi) is 4.76. The van der Waals surface area contributed by atoms with Gasteiger partial charge in [0.1, 0.15) is 0 Å². The zero-order valence-electron chi connectivity index (χ0n) is 11.9. The van der Waals surface area contributed by atoms with Gasteiger partial charge in [0.2, 0.25) is 11.8 Å². The molecule has 1 N–H and O–H groups in total. The van der Waals surface area contributed by atoms with Crippen LogP contribution in [0.25, 0.3) is 0 Å². The van der Waals surface area contributed by atoms with Crippen molar-refractivity contribution < 1.29 is 9.59 Å². The maximum absolute atomic E-state index is 12.3. The first-order valence-corrected chi connectivity index (χ1v) is 7.00. The molecule has 0 radical (unpaired) electrons. The highest BCUT2D eigenvalue weighted by atomic mass is 16.2. The molecule has 0 aromatic heterocycles. The average Bonchev–Trinajstić information content (AvgIpc) is 2.41. The van der Waals surface area contributed by atoms with E-state index in [0.29, 0.717) is 19.1 Å². The van der Waals surface area contributed by atoms with Gasteiger partial charge < -0.3 is 20.0 Å². The van der Waals surface area contributed by atoms with Gasteiger partial charge >= 0.3 is 0 Å². The molecule has 2 fully saturated rings. The topological polar surface area (TPSA) is 55.9 Å². The van der Waals surface area contributed by atoms with Gasteiger partial charge in [-0.3, -0.25) is 9.59 Å². The summed E-state index contributed by atoms with van der Waals surface area (Å²) in [6, 6.07) is 0.441. The van der Waals surface area contributed by atoms with E-state index in [1.165, 1.54) is 0 Å². The number of nitrogens with zero attached hydrogens (tertiary/aromatic N) is 3. The fraction of sp³-hybridized carbons (Fsp3) is 0.846. The lowest BCUT2D eigenvalue weighted by Gasteiger charge is -2.37. The van der Waals surface area contributed by atoms with Crippen molar-refractivity contribution in [3.05, 3.63) is 0 Å². The van der Waals surface area contributed by atoms with Gasteiger partial charge in [0, 0.05) is 32.2 Å². The van der Waals surface area contributed by atoms with Crippen LogP contribution in [0.3, 0.4) is 0 Å². The summed E-state index contributed by atoms with van der Waals surface area (Å²) < 4.78 is 0. The molecule has 19 heavy (non-hydrogen) atoms. The van der Waals surface area contributed by atoms with E-state index in [9.17, 15) is 9.59 Å². The molecule has 1 atom stereocenters. The van der Waals surface area contributed by atoms with Crippen molar-refractivity contribution in [2.24, 2.45) is 0 Å². The van der Waals surface area contributed by atoms with E-state index >= 15 is 0 Å². The number of piperazine rings is 1. The van der Waals surface area contributed by atoms with E-state index in [1.807, 2.05) is 4.90 Å². The predicted molar refractivity (Wildman–Crippen MR) is 72.7 cm³/mol. The number of likely N-dealkylation sites (tertiary alicyclic amines) is 1. The second kappa shape index (κ2) is 6.34. The van der Waals surface area contributed by atoms with Crippen molar-refractivity contribution in [2.45, 2.75) is 18.9 Å². The van der Waals surface area contributed by atoms with Crippen LogP contribution in [-0.2, 0) is 9.59 Å². The van der Waals surface area contributed by atoms with Crippen LogP contribution >= 0.6 is 0 Å². The van der Waals surface area contributed by atoms with Crippen LogP contribution in [-0.4, -0.2) is 85.9 Å². The summed E-state index contributed by atoms with van der Waals surface area (Å²) in [5, 5.41) is 3.02. The van der Waals surface area contributed by atoms with Crippen molar-refractivity contribution in [1.82, 2.24) is 20.0 Å². The van der Waals surface area contributed by atoms with E-state index in [0.717, 1.165) is 32.5 Å². The Morgan fingerprint density at radius 3 is 2.89 bits per heavy atom. The molecule has 2 aliphatic heterocycles. The minimum Gasteiger partial charge on any atom is -0.340 e. The fourth-order valence-electron chi connectivity index (χ4n) is 2.68. The molecule has 2 rings (SSSR count). The zero-order chi connectivity index (χ0) is 13.8. The molecule has 0 saturated carbocycles. The number of piperidine rings is 1. The first-order chi connectivity index (χ1) is 9.08. The first-order valence-electron chi connectivity index (χ1n) is 7.00. The van der Waals surface area contributed by atoms with Crippen LogP contribution in [0.2, 0.25) is 0 Å². The first kappa shape index (κ1) is 14.3. The van der Waals surface area contributed by atoms with Crippen LogP contribution in [0.4, 0.5) is 0 Å². The number of nitrogens with one attached hydrogen (secondary N) is 1. The normalized spacial score (nSPS) is 25.0. The molecule has 2 aliphatic rings. The molecule has 2 heterocycles.